The SMILES string of the molecule is CCC(C)C(N)C(=O)NC(CCC(N)=O)C(=O)NC(C(=O)NC(CC(C)C)C(=O)O)C(C)C. The fourth-order valence-electron chi connectivity index (χ4n) is 3.08. The van der Waals surface area contributed by atoms with Gasteiger partial charge in [-0.1, -0.05) is 48.0 Å². The maximum atomic E-state index is 13.0. The number of rotatable bonds is 15. The maximum absolute atomic E-state index is 13.0. The number of nitrogens with one attached hydrogen (secondary N) is 3. The minimum absolute atomic E-state index is 0.0293. The first-order valence-electron chi connectivity index (χ1n) is 11.4. The molecule has 0 bridgehead atoms. The van der Waals surface area contributed by atoms with E-state index in [0.717, 1.165) is 0 Å². The normalized spacial score (nSPS) is 15.8. The summed E-state index contributed by atoms with van der Waals surface area (Å²) in [6.45, 7) is 10.7. The molecule has 11 nitrogen and oxygen atoms in total. The summed E-state index contributed by atoms with van der Waals surface area (Å²) in [5.74, 6) is -4.19. The van der Waals surface area contributed by atoms with Crippen LogP contribution in [0.1, 0.15) is 67.2 Å². The number of aliphatic carboxylic acids is 1. The summed E-state index contributed by atoms with van der Waals surface area (Å²) in [5, 5.41) is 17.0. The topological polar surface area (TPSA) is 194 Å². The Labute approximate surface area is 195 Å². The zero-order chi connectivity index (χ0) is 25.9. The Balaban J connectivity index is 5.52. The fourth-order valence-corrected chi connectivity index (χ4v) is 3.08. The van der Waals surface area contributed by atoms with Gasteiger partial charge in [0.15, 0.2) is 0 Å². The number of hydrogen-bond acceptors (Lipinski definition) is 6. The molecule has 0 saturated carbocycles. The average Bonchev–Trinajstić information content (AvgIpc) is 2.71. The second-order valence-electron chi connectivity index (χ2n) is 9.24. The van der Waals surface area contributed by atoms with Crippen molar-refractivity contribution in [2.45, 2.75) is 91.4 Å². The van der Waals surface area contributed by atoms with Crippen LogP contribution in [0.5, 0.6) is 0 Å². The molecule has 5 unspecified atom stereocenters. The van der Waals surface area contributed by atoms with Crippen molar-refractivity contribution in [2.24, 2.45) is 29.2 Å². The summed E-state index contributed by atoms with van der Waals surface area (Å²) in [4.78, 5) is 61.0. The van der Waals surface area contributed by atoms with E-state index in [1.54, 1.807) is 20.8 Å². The van der Waals surface area contributed by atoms with E-state index in [-0.39, 0.29) is 37.0 Å². The van der Waals surface area contributed by atoms with Crippen molar-refractivity contribution in [1.29, 1.82) is 0 Å². The number of primary amides is 1. The minimum atomic E-state index is -1.17. The summed E-state index contributed by atoms with van der Waals surface area (Å²) in [6.07, 6.45) is 0.650. The second-order valence-corrected chi connectivity index (χ2v) is 9.24. The molecule has 4 amide bonds. The largest absolute Gasteiger partial charge is 0.480 e. The smallest absolute Gasteiger partial charge is 0.326 e. The van der Waals surface area contributed by atoms with Crippen molar-refractivity contribution in [3.63, 3.8) is 0 Å². The van der Waals surface area contributed by atoms with Crippen LogP contribution >= 0.6 is 0 Å². The molecule has 11 heteroatoms. The van der Waals surface area contributed by atoms with Crippen LogP contribution in [0.3, 0.4) is 0 Å². The van der Waals surface area contributed by atoms with Crippen molar-refractivity contribution in [2.75, 3.05) is 0 Å². The number of carbonyl (C=O) groups is 5. The number of amides is 4. The van der Waals surface area contributed by atoms with Gasteiger partial charge in [-0.15, -0.1) is 0 Å². The number of hydrogen-bond donors (Lipinski definition) is 6. The van der Waals surface area contributed by atoms with Crippen molar-refractivity contribution < 1.29 is 29.1 Å². The van der Waals surface area contributed by atoms with Crippen LogP contribution in [0.25, 0.3) is 0 Å². The number of carboxylic acids is 1. The molecule has 190 valence electrons. The Morgan fingerprint density at radius 3 is 1.82 bits per heavy atom. The summed E-state index contributed by atoms with van der Waals surface area (Å²) in [6, 6.07) is -4.15. The Morgan fingerprint density at radius 2 is 1.39 bits per heavy atom. The summed E-state index contributed by atoms with van der Waals surface area (Å²) < 4.78 is 0. The lowest BCUT2D eigenvalue weighted by atomic mass is 9.98. The maximum Gasteiger partial charge on any atom is 0.326 e. The predicted octanol–water partition coefficient (Wildman–Crippen LogP) is -0.134. The van der Waals surface area contributed by atoms with E-state index in [1.165, 1.54) is 0 Å². The quantitative estimate of drug-likeness (QED) is 0.191. The van der Waals surface area contributed by atoms with E-state index in [9.17, 15) is 29.1 Å². The standard InChI is InChI=1S/C22H41N5O6/c1-7-13(6)17(24)20(30)25-14(8-9-16(23)28)19(29)27-18(12(4)5)21(31)26-15(22(32)33)10-11(2)3/h11-15,17-18H,7-10,24H2,1-6H3,(H2,23,28)(H,25,30)(H,26,31)(H,27,29)(H,32,33). The van der Waals surface area contributed by atoms with Crippen LogP contribution in [0, 0.1) is 17.8 Å². The molecular weight excluding hydrogens is 430 g/mol. The van der Waals surface area contributed by atoms with Crippen molar-refractivity contribution in [3.8, 4) is 0 Å². The monoisotopic (exact) mass is 471 g/mol. The van der Waals surface area contributed by atoms with E-state index < -0.39 is 53.8 Å². The second kappa shape index (κ2) is 14.5. The minimum Gasteiger partial charge on any atom is -0.480 e. The van der Waals surface area contributed by atoms with Gasteiger partial charge in [0.1, 0.15) is 18.1 Å². The molecule has 8 N–H and O–H groups in total. The lowest BCUT2D eigenvalue weighted by Gasteiger charge is -2.27. The molecule has 5 atom stereocenters. The lowest BCUT2D eigenvalue weighted by molar-refractivity contribution is -0.143. The van der Waals surface area contributed by atoms with E-state index >= 15 is 0 Å². The van der Waals surface area contributed by atoms with Crippen LogP contribution < -0.4 is 27.4 Å². The van der Waals surface area contributed by atoms with E-state index in [1.807, 2.05) is 20.8 Å². The van der Waals surface area contributed by atoms with Crippen LogP contribution in [-0.2, 0) is 24.0 Å². The highest BCUT2D eigenvalue weighted by atomic mass is 16.4. The van der Waals surface area contributed by atoms with Gasteiger partial charge < -0.3 is 32.5 Å². The van der Waals surface area contributed by atoms with Crippen LogP contribution in [0.4, 0.5) is 0 Å². The van der Waals surface area contributed by atoms with Crippen LogP contribution in [-0.4, -0.2) is 58.9 Å². The number of carbonyl (C=O) groups excluding carboxylic acids is 4. The Morgan fingerprint density at radius 1 is 0.848 bits per heavy atom. The van der Waals surface area contributed by atoms with Crippen LogP contribution in [0.2, 0.25) is 0 Å². The third kappa shape index (κ3) is 11.1. The summed E-state index contributed by atoms with van der Waals surface area (Å²) in [5.41, 5.74) is 11.1. The first kappa shape index (κ1) is 30.3. The van der Waals surface area contributed by atoms with Crippen LogP contribution in [0.15, 0.2) is 0 Å². The van der Waals surface area contributed by atoms with Crippen molar-refractivity contribution >= 4 is 29.6 Å². The summed E-state index contributed by atoms with van der Waals surface area (Å²) >= 11 is 0. The molecule has 0 aromatic rings. The molecule has 0 radical (unpaired) electrons. The third-order valence-corrected chi connectivity index (χ3v) is 5.44. The van der Waals surface area contributed by atoms with Gasteiger partial charge in [0.25, 0.3) is 0 Å². The molecule has 0 aromatic carbocycles. The van der Waals surface area contributed by atoms with E-state index in [0.29, 0.717) is 6.42 Å². The van der Waals surface area contributed by atoms with Gasteiger partial charge in [0.2, 0.25) is 23.6 Å². The van der Waals surface area contributed by atoms with Gasteiger partial charge in [-0.2, -0.15) is 0 Å². The molecular formula is C22H41N5O6. The Bertz CT molecular complexity index is 697. The number of carboxylic acid groups (broad SMARTS) is 1. The highest BCUT2D eigenvalue weighted by Gasteiger charge is 2.32. The van der Waals surface area contributed by atoms with Gasteiger partial charge in [-0.25, -0.2) is 4.79 Å². The molecule has 0 fully saturated rings. The highest BCUT2D eigenvalue weighted by molar-refractivity contribution is 5.94. The van der Waals surface area contributed by atoms with Crippen molar-refractivity contribution in [3.05, 3.63) is 0 Å². The third-order valence-electron chi connectivity index (χ3n) is 5.44. The molecule has 0 spiro atoms. The van der Waals surface area contributed by atoms with Gasteiger partial charge >= 0.3 is 5.97 Å². The lowest BCUT2D eigenvalue weighted by Crippen LogP contribution is -2.59. The van der Waals surface area contributed by atoms with Crippen molar-refractivity contribution in [1.82, 2.24) is 16.0 Å². The van der Waals surface area contributed by atoms with Gasteiger partial charge in [0, 0.05) is 6.42 Å². The predicted molar refractivity (Wildman–Crippen MR) is 124 cm³/mol. The highest BCUT2D eigenvalue weighted by Crippen LogP contribution is 2.10. The van der Waals surface area contributed by atoms with E-state index in [2.05, 4.69) is 16.0 Å². The molecule has 0 aliphatic carbocycles. The van der Waals surface area contributed by atoms with Gasteiger partial charge in [-0.05, 0) is 30.6 Å². The fraction of sp³-hybridized carbons (Fsp3) is 0.773. The molecule has 0 heterocycles. The zero-order valence-corrected chi connectivity index (χ0v) is 20.5. The molecule has 0 aliphatic rings. The first-order valence-corrected chi connectivity index (χ1v) is 11.4. The Kier molecular flexibility index (Phi) is 13.3. The summed E-state index contributed by atoms with van der Waals surface area (Å²) in [7, 11) is 0. The van der Waals surface area contributed by atoms with Gasteiger partial charge in [0.05, 0.1) is 6.04 Å². The molecule has 0 aliphatic heterocycles. The average molecular weight is 472 g/mol. The zero-order valence-electron chi connectivity index (χ0n) is 20.5. The van der Waals surface area contributed by atoms with E-state index in [4.69, 9.17) is 11.5 Å². The molecule has 0 saturated heterocycles. The van der Waals surface area contributed by atoms with Gasteiger partial charge in [-0.3, -0.25) is 19.2 Å². The molecule has 0 aromatic heterocycles. The first-order chi connectivity index (χ1) is 15.2. The molecule has 33 heavy (non-hydrogen) atoms. The Hall–Kier alpha value is -2.69. The molecule has 0 rings (SSSR count). The number of nitrogens with two attached hydrogens (primary N) is 2.